The molecule has 0 saturated heterocycles. The number of nitriles is 1. The van der Waals surface area contributed by atoms with Gasteiger partial charge in [-0.1, -0.05) is 12.1 Å². The zero-order chi connectivity index (χ0) is 14.1. The molecule has 0 atom stereocenters. The van der Waals surface area contributed by atoms with Gasteiger partial charge in [0, 0.05) is 6.20 Å². The molecule has 2 heterocycles. The van der Waals surface area contributed by atoms with Crippen LogP contribution in [0.4, 0.5) is 0 Å². The van der Waals surface area contributed by atoms with Gasteiger partial charge in [0.1, 0.15) is 6.07 Å². The van der Waals surface area contributed by atoms with Gasteiger partial charge >= 0.3 is 0 Å². The smallest absolute Gasteiger partial charge is 0.204 e. The largest absolute Gasteiger partial charge is 0.309 e. The van der Waals surface area contributed by atoms with Crippen LogP contribution >= 0.6 is 11.6 Å². The van der Waals surface area contributed by atoms with Crippen molar-refractivity contribution in [1.29, 1.82) is 5.26 Å². The van der Waals surface area contributed by atoms with E-state index in [1.165, 1.54) is 0 Å². The Morgan fingerprint density at radius 1 is 1.30 bits per heavy atom. The molecule has 5 heteroatoms. The third kappa shape index (κ3) is 2.13. The number of nitrogens with zero attached hydrogens (tertiary/aromatic N) is 4. The highest BCUT2D eigenvalue weighted by Gasteiger charge is 2.11. The number of imidazole rings is 1. The molecular weight excluding hydrogens is 272 g/mol. The molecule has 98 valence electrons. The van der Waals surface area contributed by atoms with Crippen LogP contribution in [0.2, 0.25) is 5.28 Å². The monoisotopic (exact) mass is 282 g/mol. The quantitative estimate of drug-likeness (QED) is 0.724. The van der Waals surface area contributed by atoms with Gasteiger partial charge in [-0.3, -0.25) is 4.98 Å². The van der Waals surface area contributed by atoms with Crippen molar-refractivity contribution in [2.45, 2.75) is 13.5 Å². The van der Waals surface area contributed by atoms with Crippen LogP contribution in [-0.4, -0.2) is 14.5 Å². The van der Waals surface area contributed by atoms with Crippen molar-refractivity contribution in [3.63, 3.8) is 0 Å². The lowest BCUT2D eigenvalue weighted by Crippen LogP contribution is -2.02. The molecule has 0 amide bonds. The SMILES string of the molecule is Cc1cccc2c1nc(Cl)n2Cc1ccc(C#N)cn1. The molecule has 0 radical (unpaired) electrons. The van der Waals surface area contributed by atoms with Gasteiger partial charge < -0.3 is 4.57 Å². The van der Waals surface area contributed by atoms with Crippen LogP contribution in [0.3, 0.4) is 0 Å². The first-order valence-electron chi connectivity index (χ1n) is 6.15. The summed E-state index contributed by atoms with van der Waals surface area (Å²) in [5, 5.41) is 9.22. The highest BCUT2D eigenvalue weighted by atomic mass is 35.5. The fourth-order valence-electron chi connectivity index (χ4n) is 2.16. The molecule has 3 aromatic rings. The number of benzene rings is 1. The van der Waals surface area contributed by atoms with E-state index in [2.05, 4.69) is 16.0 Å². The summed E-state index contributed by atoms with van der Waals surface area (Å²) in [5.41, 5.74) is 4.38. The van der Waals surface area contributed by atoms with Gasteiger partial charge in [-0.2, -0.15) is 5.26 Å². The first-order valence-corrected chi connectivity index (χ1v) is 6.53. The second-order valence-corrected chi connectivity index (χ2v) is 4.90. The molecule has 0 bridgehead atoms. The van der Waals surface area contributed by atoms with Crippen molar-refractivity contribution >= 4 is 22.6 Å². The molecule has 0 aliphatic rings. The summed E-state index contributed by atoms with van der Waals surface area (Å²) in [7, 11) is 0. The van der Waals surface area contributed by atoms with Gasteiger partial charge in [0.05, 0.1) is 28.8 Å². The van der Waals surface area contributed by atoms with Crippen molar-refractivity contribution in [2.24, 2.45) is 0 Å². The maximum absolute atomic E-state index is 8.77. The molecule has 0 N–H and O–H groups in total. The predicted molar refractivity (Wildman–Crippen MR) is 77.5 cm³/mol. The van der Waals surface area contributed by atoms with Crippen LogP contribution in [0, 0.1) is 18.3 Å². The minimum absolute atomic E-state index is 0.445. The Morgan fingerprint density at radius 2 is 2.15 bits per heavy atom. The lowest BCUT2D eigenvalue weighted by molar-refractivity contribution is 0.798. The molecule has 4 nitrogen and oxygen atoms in total. The Labute approximate surface area is 121 Å². The lowest BCUT2D eigenvalue weighted by Gasteiger charge is -2.05. The first-order chi connectivity index (χ1) is 9.69. The summed E-state index contributed by atoms with van der Waals surface area (Å²) >= 11 is 6.22. The molecule has 0 fully saturated rings. The van der Waals surface area contributed by atoms with Gasteiger partial charge in [-0.05, 0) is 42.3 Å². The summed E-state index contributed by atoms with van der Waals surface area (Å²) in [6.45, 7) is 2.54. The molecule has 0 unspecified atom stereocenters. The molecule has 0 spiro atoms. The Bertz CT molecular complexity index is 812. The number of hydrogen-bond acceptors (Lipinski definition) is 3. The number of pyridine rings is 1. The summed E-state index contributed by atoms with van der Waals surface area (Å²) in [5.74, 6) is 0. The molecule has 2 aromatic heterocycles. The first kappa shape index (κ1) is 12.6. The highest BCUT2D eigenvalue weighted by molar-refractivity contribution is 6.29. The minimum atomic E-state index is 0.445. The minimum Gasteiger partial charge on any atom is -0.309 e. The second-order valence-electron chi connectivity index (χ2n) is 4.56. The lowest BCUT2D eigenvalue weighted by atomic mass is 10.2. The number of rotatable bonds is 2. The fourth-order valence-corrected chi connectivity index (χ4v) is 2.39. The Kier molecular flexibility index (Phi) is 3.13. The Hall–Kier alpha value is -2.38. The average Bonchev–Trinajstić information content (AvgIpc) is 2.78. The number of fused-ring (bicyclic) bond motifs is 1. The van der Waals surface area contributed by atoms with Crippen molar-refractivity contribution in [2.75, 3.05) is 0 Å². The molecule has 0 saturated carbocycles. The van der Waals surface area contributed by atoms with Gasteiger partial charge in [0.15, 0.2) is 0 Å². The summed E-state index contributed by atoms with van der Waals surface area (Å²) < 4.78 is 1.91. The number of aromatic nitrogens is 3. The van der Waals surface area contributed by atoms with Crippen LogP contribution in [0.5, 0.6) is 0 Å². The van der Waals surface area contributed by atoms with Crippen LogP contribution in [0.1, 0.15) is 16.8 Å². The number of halogens is 1. The van der Waals surface area contributed by atoms with E-state index in [0.29, 0.717) is 17.4 Å². The topological polar surface area (TPSA) is 54.5 Å². The average molecular weight is 283 g/mol. The Balaban J connectivity index is 2.04. The molecular formula is C15H11ClN4. The summed E-state index contributed by atoms with van der Waals surface area (Å²) in [6.07, 6.45) is 1.56. The molecule has 0 aliphatic heterocycles. The zero-order valence-corrected chi connectivity index (χ0v) is 11.6. The molecule has 3 rings (SSSR count). The normalized spacial score (nSPS) is 10.7. The van der Waals surface area contributed by atoms with E-state index in [9.17, 15) is 0 Å². The van der Waals surface area contributed by atoms with Crippen molar-refractivity contribution in [1.82, 2.24) is 14.5 Å². The van der Waals surface area contributed by atoms with Crippen LogP contribution in [0.15, 0.2) is 36.5 Å². The van der Waals surface area contributed by atoms with Crippen LogP contribution in [0.25, 0.3) is 11.0 Å². The van der Waals surface area contributed by atoms with Gasteiger partial charge in [0.25, 0.3) is 0 Å². The van der Waals surface area contributed by atoms with E-state index in [1.54, 1.807) is 12.3 Å². The third-order valence-electron chi connectivity index (χ3n) is 3.21. The van der Waals surface area contributed by atoms with Gasteiger partial charge in [-0.15, -0.1) is 0 Å². The van der Waals surface area contributed by atoms with Gasteiger partial charge in [-0.25, -0.2) is 4.98 Å². The predicted octanol–water partition coefficient (Wildman–Crippen LogP) is 3.31. The number of aryl methyl sites for hydroxylation is 1. The standard InChI is InChI=1S/C15H11ClN4/c1-10-3-2-4-13-14(10)19-15(16)20(13)9-12-6-5-11(7-17)8-18-12/h2-6,8H,9H2,1H3. The maximum atomic E-state index is 8.77. The van der Waals surface area contributed by atoms with Crippen LogP contribution < -0.4 is 0 Å². The maximum Gasteiger partial charge on any atom is 0.204 e. The van der Waals surface area contributed by atoms with E-state index in [1.807, 2.05) is 35.8 Å². The van der Waals surface area contributed by atoms with Crippen molar-refractivity contribution in [3.05, 3.63) is 58.6 Å². The Morgan fingerprint density at radius 3 is 2.85 bits per heavy atom. The van der Waals surface area contributed by atoms with E-state index >= 15 is 0 Å². The van der Waals surface area contributed by atoms with Crippen molar-refractivity contribution in [3.8, 4) is 6.07 Å². The highest BCUT2D eigenvalue weighted by Crippen LogP contribution is 2.23. The summed E-state index contributed by atoms with van der Waals surface area (Å²) in [6, 6.07) is 11.6. The third-order valence-corrected chi connectivity index (χ3v) is 3.50. The van der Waals surface area contributed by atoms with Crippen molar-refractivity contribution < 1.29 is 0 Å². The van der Waals surface area contributed by atoms with Crippen LogP contribution in [-0.2, 0) is 6.54 Å². The van der Waals surface area contributed by atoms with E-state index < -0.39 is 0 Å². The fraction of sp³-hybridized carbons (Fsp3) is 0.133. The second kappa shape index (κ2) is 4.95. The molecule has 1 aromatic carbocycles. The summed E-state index contributed by atoms with van der Waals surface area (Å²) in [4.78, 5) is 8.66. The number of para-hydroxylation sites is 1. The van der Waals surface area contributed by atoms with E-state index in [0.717, 1.165) is 22.3 Å². The zero-order valence-electron chi connectivity index (χ0n) is 10.8. The number of hydrogen-bond donors (Lipinski definition) is 0. The van der Waals surface area contributed by atoms with E-state index in [4.69, 9.17) is 16.9 Å². The molecule has 0 aliphatic carbocycles. The van der Waals surface area contributed by atoms with Gasteiger partial charge in [0.2, 0.25) is 5.28 Å². The van der Waals surface area contributed by atoms with E-state index in [-0.39, 0.29) is 0 Å². The molecule has 20 heavy (non-hydrogen) atoms.